The first-order chi connectivity index (χ1) is 12.3. The molecular formula is C24H42O2. The van der Waals surface area contributed by atoms with Gasteiger partial charge in [-0.2, -0.15) is 0 Å². The van der Waals surface area contributed by atoms with Crippen LogP contribution in [0.15, 0.2) is 0 Å². The quantitative estimate of drug-likeness (QED) is 0.704. The van der Waals surface area contributed by atoms with E-state index in [1.165, 1.54) is 38.5 Å². The Hall–Kier alpha value is -0.0800. The molecule has 0 heterocycles. The number of fused-ring (bicyclic) bond motifs is 5. The number of hydrogen-bond acceptors (Lipinski definition) is 2. The van der Waals surface area contributed by atoms with E-state index >= 15 is 0 Å². The maximum absolute atomic E-state index is 11.1. The van der Waals surface area contributed by atoms with Crippen molar-refractivity contribution in [2.75, 3.05) is 0 Å². The molecule has 4 aliphatic carbocycles. The lowest BCUT2D eigenvalue weighted by molar-refractivity contribution is -0.172. The lowest BCUT2D eigenvalue weighted by Crippen LogP contribution is -2.58. The normalized spacial score (nSPS) is 54.9. The Bertz CT molecular complexity index is 518. The van der Waals surface area contributed by atoms with E-state index in [1.807, 2.05) is 0 Å². The van der Waals surface area contributed by atoms with Crippen molar-refractivity contribution in [3.05, 3.63) is 0 Å². The Kier molecular flexibility index (Phi) is 5.01. The van der Waals surface area contributed by atoms with Crippen LogP contribution in [0.25, 0.3) is 0 Å². The van der Waals surface area contributed by atoms with Crippen LogP contribution < -0.4 is 0 Å². The van der Waals surface area contributed by atoms with Crippen LogP contribution in [-0.4, -0.2) is 22.4 Å². The van der Waals surface area contributed by atoms with Crippen LogP contribution in [0, 0.1) is 46.3 Å². The van der Waals surface area contributed by atoms with Gasteiger partial charge in [-0.15, -0.1) is 0 Å². The van der Waals surface area contributed by atoms with Crippen molar-refractivity contribution < 1.29 is 10.2 Å². The van der Waals surface area contributed by atoms with Crippen LogP contribution in [0.4, 0.5) is 0 Å². The maximum atomic E-state index is 11.1. The smallest absolute Gasteiger partial charge is 0.0577 e. The molecule has 0 bridgehead atoms. The molecule has 150 valence electrons. The predicted molar refractivity (Wildman–Crippen MR) is 107 cm³/mol. The van der Waals surface area contributed by atoms with Gasteiger partial charge in [-0.1, -0.05) is 40.5 Å². The molecule has 0 radical (unpaired) electrons. The van der Waals surface area contributed by atoms with Crippen LogP contribution in [0.3, 0.4) is 0 Å². The number of hydrogen-bond donors (Lipinski definition) is 2. The Morgan fingerprint density at radius 1 is 0.885 bits per heavy atom. The second-order valence-electron chi connectivity index (χ2n) is 11.2. The zero-order valence-corrected chi connectivity index (χ0v) is 17.6. The fraction of sp³-hybridized carbons (Fsp3) is 1.00. The van der Waals surface area contributed by atoms with Gasteiger partial charge in [-0.05, 0) is 97.7 Å². The first kappa shape index (κ1) is 19.2. The van der Waals surface area contributed by atoms with E-state index in [0.717, 1.165) is 55.3 Å². The second kappa shape index (κ2) is 6.76. The van der Waals surface area contributed by atoms with Crippen molar-refractivity contribution in [3.63, 3.8) is 0 Å². The molecule has 0 aromatic rings. The summed E-state index contributed by atoms with van der Waals surface area (Å²) in [6.07, 6.45) is 11.8. The van der Waals surface area contributed by atoms with E-state index in [9.17, 15) is 10.2 Å². The summed E-state index contributed by atoms with van der Waals surface area (Å²) in [6.45, 7) is 9.92. The van der Waals surface area contributed by atoms with Gasteiger partial charge >= 0.3 is 0 Å². The Morgan fingerprint density at radius 2 is 1.58 bits per heavy atom. The van der Waals surface area contributed by atoms with E-state index in [-0.39, 0.29) is 17.6 Å². The zero-order chi connectivity index (χ0) is 18.7. The van der Waals surface area contributed by atoms with Crippen LogP contribution >= 0.6 is 0 Å². The van der Waals surface area contributed by atoms with Gasteiger partial charge < -0.3 is 10.2 Å². The highest BCUT2D eigenvalue weighted by molar-refractivity contribution is 5.11. The SMILES string of the molecule is CCC[C@@H](C)[C@H]1CC[C@H]2[C@@H]3CC(O)[C@@H]4C[C@H](O)CC[C@]4(C)[C@H]3CC[C@]12C. The Balaban J connectivity index is 1.60. The first-order valence-electron chi connectivity index (χ1n) is 11.7. The van der Waals surface area contributed by atoms with E-state index in [4.69, 9.17) is 0 Å². The van der Waals surface area contributed by atoms with Gasteiger partial charge in [0.2, 0.25) is 0 Å². The summed E-state index contributed by atoms with van der Waals surface area (Å²) >= 11 is 0. The van der Waals surface area contributed by atoms with Crippen LogP contribution in [0.1, 0.15) is 91.9 Å². The van der Waals surface area contributed by atoms with E-state index in [1.54, 1.807) is 0 Å². The minimum Gasteiger partial charge on any atom is -0.393 e. The van der Waals surface area contributed by atoms with Crippen LogP contribution in [-0.2, 0) is 0 Å². The molecule has 0 aromatic heterocycles. The molecule has 1 unspecified atom stereocenters. The molecule has 10 atom stereocenters. The highest BCUT2D eigenvalue weighted by atomic mass is 16.3. The van der Waals surface area contributed by atoms with E-state index < -0.39 is 0 Å². The summed E-state index contributed by atoms with van der Waals surface area (Å²) in [7, 11) is 0. The van der Waals surface area contributed by atoms with Gasteiger partial charge in [0.15, 0.2) is 0 Å². The molecule has 0 amide bonds. The summed E-state index contributed by atoms with van der Waals surface area (Å²) in [5.41, 5.74) is 0.767. The van der Waals surface area contributed by atoms with Crippen molar-refractivity contribution in [2.24, 2.45) is 46.3 Å². The molecule has 4 rings (SSSR count). The third kappa shape index (κ3) is 2.72. The monoisotopic (exact) mass is 362 g/mol. The van der Waals surface area contributed by atoms with Crippen LogP contribution in [0.5, 0.6) is 0 Å². The molecule has 2 nitrogen and oxygen atoms in total. The largest absolute Gasteiger partial charge is 0.393 e. The molecule has 0 aromatic carbocycles. The summed E-state index contributed by atoms with van der Waals surface area (Å²) in [6, 6.07) is 0. The number of aliphatic hydroxyl groups excluding tert-OH is 2. The van der Waals surface area contributed by atoms with Gasteiger partial charge in [0.25, 0.3) is 0 Å². The van der Waals surface area contributed by atoms with Gasteiger partial charge in [-0.3, -0.25) is 0 Å². The molecule has 4 fully saturated rings. The molecule has 4 saturated carbocycles. The maximum Gasteiger partial charge on any atom is 0.0577 e. The number of aliphatic hydroxyl groups is 2. The van der Waals surface area contributed by atoms with Gasteiger partial charge in [0.05, 0.1) is 12.2 Å². The summed E-state index contributed by atoms with van der Waals surface area (Å²) in [4.78, 5) is 0. The Morgan fingerprint density at radius 3 is 2.31 bits per heavy atom. The van der Waals surface area contributed by atoms with E-state index in [2.05, 4.69) is 27.7 Å². The molecule has 26 heavy (non-hydrogen) atoms. The lowest BCUT2D eigenvalue weighted by Gasteiger charge is -2.62. The minimum absolute atomic E-state index is 0.182. The van der Waals surface area contributed by atoms with Gasteiger partial charge in [-0.25, -0.2) is 0 Å². The van der Waals surface area contributed by atoms with Crippen molar-refractivity contribution >= 4 is 0 Å². The summed E-state index contributed by atoms with van der Waals surface area (Å²) in [5.74, 6) is 4.40. The molecule has 2 N–H and O–H groups in total. The predicted octanol–water partition coefficient (Wildman–Crippen LogP) is 5.41. The molecule has 0 spiro atoms. The third-order valence-electron chi connectivity index (χ3n) is 10.2. The van der Waals surface area contributed by atoms with Crippen molar-refractivity contribution in [2.45, 2.75) is 104 Å². The summed E-state index contributed by atoms with van der Waals surface area (Å²) < 4.78 is 0. The lowest BCUT2D eigenvalue weighted by atomic mass is 9.44. The minimum atomic E-state index is -0.189. The number of rotatable bonds is 3. The Labute approximate surface area is 161 Å². The highest BCUT2D eigenvalue weighted by Crippen LogP contribution is 2.68. The first-order valence-corrected chi connectivity index (χ1v) is 11.7. The fourth-order valence-electron chi connectivity index (χ4n) is 8.91. The molecular weight excluding hydrogens is 320 g/mol. The van der Waals surface area contributed by atoms with Crippen LogP contribution in [0.2, 0.25) is 0 Å². The molecule has 0 saturated heterocycles. The zero-order valence-electron chi connectivity index (χ0n) is 17.6. The highest BCUT2D eigenvalue weighted by Gasteiger charge is 2.62. The molecule has 0 aliphatic heterocycles. The molecule has 2 heteroatoms. The second-order valence-corrected chi connectivity index (χ2v) is 11.2. The van der Waals surface area contributed by atoms with Crippen molar-refractivity contribution in [3.8, 4) is 0 Å². The van der Waals surface area contributed by atoms with Gasteiger partial charge in [0, 0.05) is 0 Å². The molecule has 4 aliphatic rings. The standard InChI is InChI=1S/C24H42O2/c1-5-6-15(2)18-7-8-19-17-14-22(26)21-13-16(25)9-11-24(21,4)20(17)10-12-23(18,19)3/h15-22,25-26H,5-14H2,1-4H3/t15-,16-,17+,18-,19+,20+,21+,22?,23-,24-/m1/s1. The van der Waals surface area contributed by atoms with Crippen molar-refractivity contribution in [1.29, 1.82) is 0 Å². The summed E-state index contributed by atoms with van der Waals surface area (Å²) in [5, 5.41) is 21.3. The topological polar surface area (TPSA) is 40.5 Å². The van der Waals surface area contributed by atoms with Crippen molar-refractivity contribution in [1.82, 2.24) is 0 Å². The average Bonchev–Trinajstić information content (AvgIpc) is 2.94. The third-order valence-corrected chi connectivity index (χ3v) is 10.2. The van der Waals surface area contributed by atoms with E-state index in [0.29, 0.717) is 11.3 Å². The van der Waals surface area contributed by atoms with Gasteiger partial charge in [0.1, 0.15) is 0 Å². The average molecular weight is 363 g/mol. The fourth-order valence-corrected chi connectivity index (χ4v) is 8.91.